The van der Waals surface area contributed by atoms with E-state index in [0.29, 0.717) is 15.9 Å². The summed E-state index contributed by atoms with van der Waals surface area (Å²) in [6.45, 7) is 0.0474. The summed E-state index contributed by atoms with van der Waals surface area (Å²) in [5, 5.41) is 9.01. The second kappa shape index (κ2) is 9.41. The number of pyridine rings is 1. The van der Waals surface area contributed by atoms with Gasteiger partial charge in [-0.3, -0.25) is 9.78 Å². The summed E-state index contributed by atoms with van der Waals surface area (Å²) in [4.78, 5) is 34.3. The summed E-state index contributed by atoms with van der Waals surface area (Å²) in [6, 6.07) is 7.60. The summed E-state index contributed by atoms with van der Waals surface area (Å²) >= 11 is 7.47. The molecule has 0 aliphatic carbocycles. The molecule has 2 atom stereocenters. The van der Waals surface area contributed by atoms with Crippen molar-refractivity contribution in [3.63, 3.8) is 0 Å². The molecule has 0 radical (unpaired) electrons. The standard InChI is InChI=1S/C25H17ClF2N4O3S/c1-35-20-8-14(15(26)9-17(20)28)21-10-18-23(36-21)24(33)32(25(34)31(18)7-3-6-29)19-12-30-11-13-4-2-5-16(27)22(13)19/h2,4-5,8-12,18,23H,3,7H2,1H3. The highest BCUT2D eigenvalue weighted by molar-refractivity contribution is 8.09. The molecule has 0 spiro atoms. The van der Waals surface area contributed by atoms with Crippen molar-refractivity contribution in [2.24, 2.45) is 0 Å². The van der Waals surface area contributed by atoms with Crippen LogP contribution in [0.1, 0.15) is 12.0 Å². The molecule has 182 valence electrons. The first-order valence-electron chi connectivity index (χ1n) is 10.8. The summed E-state index contributed by atoms with van der Waals surface area (Å²) in [6.07, 6.45) is 4.46. The van der Waals surface area contributed by atoms with E-state index in [2.05, 4.69) is 4.98 Å². The van der Waals surface area contributed by atoms with E-state index >= 15 is 0 Å². The van der Waals surface area contributed by atoms with Crippen LogP contribution in [0.15, 0.2) is 48.8 Å². The lowest BCUT2D eigenvalue weighted by Crippen LogP contribution is -2.62. The molecule has 0 saturated carbocycles. The average Bonchev–Trinajstić information content (AvgIpc) is 3.30. The molecule has 1 saturated heterocycles. The van der Waals surface area contributed by atoms with Crippen molar-refractivity contribution in [1.29, 1.82) is 5.26 Å². The van der Waals surface area contributed by atoms with E-state index in [1.807, 2.05) is 6.07 Å². The summed E-state index contributed by atoms with van der Waals surface area (Å²) in [5.74, 6) is -1.81. The highest BCUT2D eigenvalue weighted by Gasteiger charge is 2.50. The first-order chi connectivity index (χ1) is 17.3. The minimum Gasteiger partial charge on any atom is -0.494 e. The smallest absolute Gasteiger partial charge is 0.332 e. The van der Waals surface area contributed by atoms with Crippen molar-refractivity contribution in [3.8, 4) is 11.8 Å². The number of benzene rings is 2. The maximum atomic E-state index is 14.8. The van der Waals surface area contributed by atoms with Gasteiger partial charge in [-0.05, 0) is 24.3 Å². The number of carbonyl (C=O) groups excluding carboxylic acids is 2. The van der Waals surface area contributed by atoms with Crippen LogP contribution in [0.25, 0.3) is 15.7 Å². The minimum atomic E-state index is -0.800. The van der Waals surface area contributed by atoms with E-state index in [9.17, 15) is 23.6 Å². The Hall–Kier alpha value is -3.68. The molecule has 1 aromatic heterocycles. The number of hydrogen-bond acceptors (Lipinski definition) is 6. The molecule has 7 nitrogen and oxygen atoms in total. The number of ether oxygens (including phenoxy) is 1. The van der Waals surface area contributed by atoms with Gasteiger partial charge in [0.25, 0.3) is 5.91 Å². The van der Waals surface area contributed by atoms with Gasteiger partial charge in [-0.15, -0.1) is 11.8 Å². The number of nitrogens with zero attached hydrogens (tertiary/aromatic N) is 4. The van der Waals surface area contributed by atoms with Gasteiger partial charge in [-0.2, -0.15) is 5.26 Å². The lowest BCUT2D eigenvalue weighted by Gasteiger charge is -2.41. The minimum absolute atomic E-state index is 0.0200. The number of carbonyl (C=O) groups is 2. The molecule has 3 amide bonds. The predicted molar refractivity (Wildman–Crippen MR) is 133 cm³/mol. The Morgan fingerprint density at radius 3 is 2.78 bits per heavy atom. The van der Waals surface area contributed by atoms with E-state index in [0.717, 1.165) is 22.7 Å². The number of fused-ring (bicyclic) bond motifs is 2. The monoisotopic (exact) mass is 526 g/mol. The van der Waals surface area contributed by atoms with Crippen molar-refractivity contribution in [2.45, 2.75) is 17.7 Å². The summed E-state index contributed by atoms with van der Waals surface area (Å²) in [7, 11) is 1.33. The molecule has 36 heavy (non-hydrogen) atoms. The van der Waals surface area contributed by atoms with E-state index < -0.39 is 34.9 Å². The zero-order valence-corrected chi connectivity index (χ0v) is 20.3. The Kier molecular flexibility index (Phi) is 6.28. The molecular weight excluding hydrogens is 510 g/mol. The number of halogens is 3. The molecule has 2 aliphatic rings. The molecule has 0 bridgehead atoms. The summed E-state index contributed by atoms with van der Waals surface area (Å²) < 4.78 is 34.0. The fraction of sp³-hybridized carbons (Fsp3) is 0.200. The fourth-order valence-corrected chi connectivity index (χ4v) is 6.09. The van der Waals surface area contributed by atoms with Crippen LogP contribution < -0.4 is 9.64 Å². The van der Waals surface area contributed by atoms with Gasteiger partial charge in [0.1, 0.15) is 11.1 Å². The van der Waals surface area contributed by atoms with Crippen LogP contribution in [-0.4, -0.2) is 46.8 Å². The van der Waals surface area contributed by atoms with Crippen molar-refractivity contribution >= 4 is 56.7 Å². The van der Waals surface area contributed by atoms with Crippen LogP contribution in [0.4, 0.5) is 19.3 Å². The molecule has 2 unspecified atom stereocenters. The third kappa shape index (κ3) is 3.85. The van der Waals surface area contributed by atoms with Crippen molar-refractivity contribution < 1.29 is 23.1 Å². The van der Waals surface area contributed by atoms with E-state index in [4.69, 9.17) is 16.3 Å². The van der Waals surface area contributed by atoms with E-state index in [-0.39, 0.29) is 34.8 Å². The second-order valence-electron chi connectivity index (χ2n) is 8.08. The number of urea groups is 1. The molecule has 1 fully saturated rings. The second-order valence-corrected chi connectivity index (χ2v) is 9.67. The number of imide groups is 1. The fourth-order valence-electron chi connectivity index (χ4n) is 4.42. The number of anilines is 1. The molecule has 3 aromatic rings. The largest absolute Gasteiger partial charge is 0.494 e. The zero-order chi connectivity index (χ0) is 25.6. The third-order valence-corrected chi connectivity index (χ3v) is 7.73. The number of rotatable bonds is 5. The van der Waals surface area contributed by atoms with E-state index in [1.54, 1.807) is 12.1 Å². The Morgan fingerprint density at radius 1 is 1.22 bits per heavy atom. The molecule has 2 aromatic carbocycles. The van der Waals surface area contributed by atoms with Gasteiger partial charge in [0.05, 0.1) is 42.5 Å². The number of thioether (sulfide) groups is 1. The highest BCUT2D eigenvalue weighted by atomic mass is 35.5. The molecular formula is C25H17ClF2N4O3S. The Balaban J connectivity index is 1.60. The molecule has 5 rings (SSSR count). The molecule has 0 N–H and O–H groups in total. The van der Waals surface area contributed by atoms with Gasteiger partial charge in [-0.1, -0.05) is 23.7 Å². The lowest BCUT2D eigenvalue weighted by molar-refractivity contribution is -0.119. The topological polar surface area (TPSA) is 86.5 Å². The predicted octanol–water partition coefficient (Wildman–Crippen LogP) is 5.38. The quantitative estimate of drug-likeness (QED) is 0.443. The maximum Gasteiger partial charge on any atom is 0.332 e. The van der Waals surface area contributed by atoms with Gasteiger partial charge < -0.3 is 9.64 Å². The molecule has 11 heteroatoms. The Labute approximate surface area is 213 Å². The number of aromatic nitrogens is 1. The molecule has 2 aliphatic heterocycles. The van der Waals surface area contributed by atoms with Crippen LogP contribution in [0.3, 0.4) is 0 Å². The lowest BCUT2D eigenvalue weighted by atomic mass is 10.0. The maximum absolute atomic E-state index is 14.8. The SMILES string of the molecule is COc1cc(C2=CC3C(S2)C(=O)N(c2cncc4cccc(F)c24)C(=O)N3CCC#N)c(Cl)cc1F. The van der Waals surface area contributed by atoms with Crippen LogP contribution in [0.2, 0.25) is 5.02 Å². The average molecular weight is 527 g/mol. The highest BCUT2D eigenvalue weighted by Crippen LogP contribution is 2.48. The third-order valence-electron chi connectivity index (χ3n) is 6.07. The number of nitriles is 1. The van der Waals surface area contributed by atoms with Gasteiger partial charge >= 0.3 is 6.03 Å². The van der Waals surface area contributed by atoms with Gasteiger partial charge in [-0.25, -0.2) is 18.5 Å². The number of methoxy groups -OCH3 is 1. The Bertz CT molecular complexity index is 1490. The van der Waals surface area contributed by atoms with Crippen LogP contribution in [0.5, 0.6) is 5.75 Å². The van der Waals surface area contributed by atoms with E-state index in [1.165, 1.54) is 42.6 Å². The van der Waals surface area contributed by atoms with Crippen LogP contribution >= 0.6 is 23.4 Å². The molecule has 3 heterocycles. The van der Waals surface area contributed by atoms with Crippen LogP contribution in [-0.2, 0) is 4.79 Å². The van der Waals surface area contributed by atoms with Gasteiger partial charge in [0.15, 0.2) is 11.6 Å². The van der Waals surface area contributed by atoms with Crippen LogP contribution in [0, 0.1) is 23.0 Å². The first kappa shape index (κ1) is 24.0. The van der Waals surface area contributed by atoms with Crippen molar-refractivity contribution in [3.05, 3.63) is 71.0 Å². The van der Waals surface area contributed by atoms with Gasteiger partial charge in [0, 0.05) is 34.0 Å². The number of amides is 3. The Morgan fingerprint density at radius 2 is 2.03 bits per heavy atom. The van der Waals surface area contributed by atoms with Crippen molar-refractivity contribution in [1.82, 2.24) is 9.88 Å². The normalized spacial score (nSPS) is 19.4. The first-order valence-corrected chi connectivity index (χ1v) is 12.1. The van der Waals surface area contributed by atoms with Gasteiger partial charge in [0.2, 0.25) is 0 Å². The van der Waals surface area contributed by atoms with Crippen molar-refractivity contribution in [2.75, 3.05) is 18.6 Å². The number of hydrogen-bond donors (Lipinski definition) is 0. The zero-order valence-electron chi connectivity index (χ0n) is 18.7. The summed E-state index contributed by atoms with van der Waals surface area (Å²) in [5.41, 5.74) is 0.468.